The molecule has 1 saturated heterocycles. The van der Waals surface area contributed by atoms with Gasteiger partial charge in [-0.25, -0.2) is 0 Å². The molecule has 150 valence electrons. The van der Waals surface area contributed by atoms with Crippen molar-refractivity contribution >= 4 is 34.2 Å². The van der Waals surface area contributed by atoms with Crippen molar-refractivity contribution in [3.8, 4) is 0 Å². The van der Waals surface area contributed by atoms with E-state index in [1.807, 2.05) is 17.9 Å². The molecule has 0 aliphatic carbocycles. The molecule has 1 N–H and O–H groups in total. The predicted molar refractivity (Wildman–Crippen MR) is 109 cm³/mol. The number of morpholine rings is 1. The highest BCUT2D eigenvalue weighted by Crippen LogP contribution is 2.34. The molecule has 2 aromatic carbocycles. The number of hydrogen-bond donors (Lipinski definition) is 1. The molecule has 1 heterocycles. The fraction of sp³-hybridized carbons (Fsp3) is 0.350. The number of alkyl halides is 3. The zero-order valence-electron chi connectivity index (χ0n) is 15.3. The highest BCUT2D eigenvalue weighted by atomic mass is 127. The first-order valence-electron chi connectivity index (χ1n) is 8.82. The van der Waals surface area contributed by atoms with Gasteiger partial charge in [0.2, 0.25) is 0 Å². The summed E-state index contributed by atoms with van der Waals surface area (Å²) in [5.74, 6) is -0.438. The lowest BCUT2D eigenvalue weighted by Gasteiger charge is -2.27. The van der Waals surface area contributed by atoms with Crippen molar-refractivity contribution in [3.05, 3.63) is 62.2 Å². The van der Waals surface area contributed by atoms with Crippen molar-refractivity contribution < 1.29 is 22.7 Å². The minimum absolute atomic E-state index is 0.124. The van der Waals surface area contributed by atoms with Gasteiger partial charge in [0, 0.05) is 34.5 Å². The molecule has 2 aromatic rings. The third-order valence-corrected chi connectivity index (χ3v) is 5.77. The number of amides is 1. The van der Waals surface area contributed by atoms with Gasteiger partial charge in [0.15, 0.2) is 0 Å². The Morgan fingerprint density at radius 1 is 1.18 bits per heavy atom. The van der Waals surface area contributed by atoms with E-state index in [0.717, 1.165) is 15.2 Å². The van der Waals surface area contributed by atoms with Crippen LogP contribution in [0.15, 0.2) is 36.4 Å². The molecule has 0 atom stereocenters. The summed E-state index contributed by atoms with van der Waals surface area (Å²) < 4.78 is 46.9. The molecule has 0 aromatic heterocycles. The number of hydrogen-bond acceptors (Lipinski definition) is 3. The zero-order chi connectivity index (χ0) is 20.3. The smallest absolute Gasteiger partial charge is 0.379 e. The van der Waals surface area contributed by atoms with Crippen LogP contribution in [-0.2, 0) is 17.5 Å². The summed E-state index contributed by atoms with van der Waals surface area (Å²) in [5.41, 5.74) is 1.02. The summed E-state index contributed by atoms with van der Waals surface area (Å²) >= 11 is 2.12. The largest absolute Gasteiger partial charge is 0.416 e. The van der Waals surface area contributed by atoms with Crippen LogP contribution < -0.4 is 5.32 Å². The summed E-state index contributed by atoms with van der Waals surface area (Å²) in [6.45, 7) is 4.36. The fourth-order valence-electron chi connectivity index (χ4n) is 2.99. The van der Waals surface area contributed by atoms with Gasteiger partial charge in [-0.2, -0.15) is 13.2 Å². The van der Waals surface area contributed by atoms with Crippen LogP contribution in [0.5, 0.6) is 0 Å². The predicted octanol–water partition coefficient (Wildman–Crippen LogP) is 4.70. The van der Waals surface area contributed by atoms with Crippen LogP contribution in [0.3, 0.4) is 0 Å². The monoisotopic (exact) mass is 504 g/mol. The molecular weight excluding hydrogens is 484 g/mol. The number of nitrogens with zero attached hydrogens (tertiary/aromatic N) is 1. The summed E-state index contributed by atoms with van der Waals surface area (Å²) in [6.07, 6.45) is -4.50. The van der Waals surface area contributed by atoms with Gasteiger partial charge in [-0.15, -0.1) is 0 Å². The Morgan fingerprint density at radius 2 is 1.89 bits per heavy atom. The van der Waals surface area contributed by atoms with E-state index >= 15 is 0 Å². The maximum Gasteiger partial charge on any atom is 0.416 e. The van der Waals surface area contributed by atoms with Crippen molar-refractivity contribution in [2.24, 2.45) is 0 Å². The SMILES string of the molecule is Cc1ccc(C(=O)Nc2ccc(CN3CCOCC3)c(C(F)(F)F)c2)cc1I. The molecule has 4 nitrogen and oxygen atoms in total. The molecule has 1 fully saturated rings. The molecule has 28 heavy (non-hydrogen) atoms. The van der Waals surface area contributed by atoms with E-state index in [1.54, 1.807) is 12.1 Å². The molecule has 0 radical (unpaired) electrons. The van der Waals surface area contributed by atoms with Crippen molar-refractivity contribution in [1.29, 1.82) is 0 Å². The van der Waals surface area contributed by atoms with Crippen LogP contribution in [0.4, 0.5) is 18.9 Å². The lowest BCUT2D eigenvalue weighted by molar-refractivity contribution is -0.138. The van der Waals surface area contributed by atoms with Gasteiger partial charge in [0.25, 0.3) is 5.91 Å². The quantitative estimate of drug-likeness (QED) is 0.614. The van der Waals surface area contributed by atoms with E-state index in [4.69, 9.17) is 4.74 Å². The minimum Gasteiger partial charge on any atom is -0.379 e. The third-order valence-electron chi connectivity index (χ3n) is 4.60. The second-order valence-electron chi connectivity index (χ2n) is 6.68. The molecule has 3 rings (SSSR count). The molecule has 0 unspecified atom stereocenters. The van der Waals surface area contributed by atoms with Crippen LogP contribution >= 0.6 is 22.6 Å². The van der Waals surface area contributed by atoms with Crippen LogP contribution in [0, 0.1) is 10.5 Å². The topological polar surface area (TPSA) is 41.6 Å². The van der Waals surface area contributed by atoms with E-state index in [-0.39, 0.29) is 17.8 Å². The molecule has 0 bridgehead atoms. The molecule has 1 amide bonds. The molecule has 0 saturated carbocycles. The first kappa shape index (κ1) is 21.1. The molecule has 8 heteroatoms. The Kier molecular flexibility index (Phi) is 6.61. The van der Waals surface area contributed by atoms with E-state index < -0.39 is 17.6 Å². The van der Waals surface area contributed by atoms with Gasteiger partial charge in [-0.05, 0) is 64.9 Å². The van der Waals surface area contributed by atoms with Gasteiger partial charge in [-0.3, -0.25) is 9.69 Å². The van der Waals surface area contributed by atoms with Crippen LogP contribution in [0.25, 0.3) is 0 Å². The first-order chi connectivity index (χ1) is 13.2. The summed E-state index contributed by atoms with van der Waals surface area (Å²) in [5, 5.41) is 2.57. The lowest BCUT2D eigenvalue weighted by atomic mass is 10.0. The van der Waals surface area contributed by atoms with Gasteiger partial charge < -0.3 is 10.1 Å². The molecule has 0 spiro atoms. The number of halogens is 4. The molecular formula is C20H20F3IN2O2. The summed E-state index contributed by atoms with van der Waals surface area (Å²) in [7, 11) is 0. The zero-order valence-corrected chi connectivity index (χ0v) is 17.4. The van der Waals surface area contributed by atoms with Crippen molar-refractivity contribution in [2.75, 3.05) is 31.6 Å². The third kappa shape index (κ3) is 5.24. The first-order valence-corrected chi connectivity index (χ1v) is 9.89. The van der Waals surface area contributed by atoms with Crippen LogP contribution in [0.2, 0.25) is 0 Å². The molecule has 1 aliphatic heterocycles. The number of carbonyl (C=O) groups excluding carboxylic acids is 1. The Morgan fingerprint density at radius 3 is 2.54 bits per heavy atom. The van der Waals surface area contributed by atoms with Gasteiger partial charge in [-0.1, -0.05) is 12.1 Å². The number of anilines is 1. The highest BCUT2D eigenvalue weighted by molar-refractivity contribution is 14.1. The average molecular weight is 504 g/mol. The highest BCUT2D eigenvalue weighted by Gasteiger charge is 2.34. The number of aryl methyl sites for hydroxylation is 1. The maximum absolute atomic E-state index is 13.6. The summed E-state index contributed by atoms with van der Waals surface area (Å²) in [6, 6.07) is 9.14. The van der Waals surface area contributed by atoms with Crippen LogP contribution in [-0.4, -0.2) is 37.1 Å². The second kappa shape index (κ2) is 8.79. The van der Waals surface area contributed by atoms with Crippen molar-refractivity contribution in [2.45, 2.75) is 19.6 Å². The fourth-order valence-corrected chi connectivity index (χ4v) is 3.51. The average Bonchev–Trinajstić information content (AvgIpc) is 2.65. The minimum atomic E-state index is -4.50. The Hall–Kier alpha value is -1.65. The standard InChI is InChI=1S/C20H20F3IN2O2/c1-13-2-3-14(10-18(13)24)19(27)25-16-5-4-15(17(11-16)20(21,22)23)12-26-6-8-28-9-7-26/h2-5,10-11H,6-9,12H2,1H3,(H,25,27). The normalized spacial score (nSPS) is 15.5. The molecule has 1 aliphatic rings. The maximum atomic E-state index is 13.6. The van der Waals surface area contributed by atoms with E-state index in [1.165, 1.54) is 12.1 Å². The lowest BCUT2D eigenvalue weighted by Crippen LogP contribution is -2.36. The second-order valence-corrected chi connectivity index (χ2v) is 7.84. The number of nitrogens with one attached hydrogen (secondary N) is 1. The van der Waals surface area contributed by atoms with E-state index in [9.17, 15) is 18.0 Å². The Balaban J connectivity index is 1.81. The van der Waals surface area contributed by atoms with Crippen molar-refractivity contribution in [3.63, 3.8) is 0 Å². The van der Waals surface area contributed by atoms with E-state index in [2.05, 4.69) is 27.9 Å². The number of carbonyl (C=O) groups is 1. The number of rotatable bonds is 4. The van der Waals surface area contributed by atoms with Crippen molar-refractivity contribution in [1.82, 2.24) is 4.90 Å². The number of benzene rings is 2. The van der Waals surface area contributed by atoms with Crippen LogP contribution in [0.1, 0.15) is 27.0 Å². The van der Waals surface area contributed by atoms with Gasteiger partial charge >= 0.3 is 6.18 Å². The van der Waals surface area contributed by atoms with Gasteiger partial charge in [0.1, 0.15) is 0 Å². The van der Waals surface area contributed by atoms with Gasteiger partial charge in [0.05, 0.1) is 18.8 Å². The number of ether oxygens (including phenoxy) is 1. The summed E-state index contributed by atoms with van der Waals surface area (Å²) in [4.78, 5) is 14.4. The van der Waals surface area contributed by atoms with E-state index in [0.29, 0.717) is 31.9 Å². The Labute approximate surface area is 175 Å². The Bertz CT molecular complexity index is 865.